The minimum absolute atomic E-state index is 0.000654. The van der Waals surface area contributed by atoms with Gasteiger partial charge < -0.3 is 20.1 Å². The van der Waals surface area contributed by atoms with Gasteiger partial charge in [0.15, 0.2) is 11.6 Å². The van der Waals surface area contributed by atoms with Crippen LogP contribution in [-0.2, 0) is 19.1 Å². The third-order valence-electron chi connectivity index (χ3n) is 7.62. The third-order valence-corrected chi connectivity index (χ3v) is 8.34. The molecule has 1 amide bonds. The van der Waals surface area contributed by atoms with Crippen molar-refractivity contribution in [1.29, 1.82) is 0 Å². The number of ether oxygens (including phenoxy) is 1. The van der Waals surface area contributed by atoms with E-state index in [4.69, 9.17) is 9.73 Å². The Morgan fingerprint density at radius 1 is 1.27 bits per heavy atom. The fourth-order valence-corrected chi connectivity index (χ4v) is 6.03. The van der Waals surface area contributed by atoms with Gasteiger partial charge in [0.1, 0.15) is 17.2 Å². The van der Waals surface area contributed by atoms with Crippen LogP contribution in [0.2, 0.25) is 0 Å². The minimum atomic E-state index is -1.30. The highest BCUT2D eigenvalue weighted by Gasteiger charge is 2.45. The highest BCUT2D eigenvalue weighted by atomic mass is 32.1. The number of ketones is 1. The van der Waals surface area contributed by atoms with Crippen LogP contribution in [0, 0.1) is 17.8 Å². The standard InChI is InChI=1S/C27H29N7O5S/c1-15-9-20(33-12-17(13-33)25(36)29-11-18-6-2-3-8-39-18)30-24-21(15)22(35)19(26(37)38)14-34(24)27-31-23(32-40-27)16-5-4-7-28-10-16/h4-5,7,9-10,14-15,17-18,21H,2-3,6,8,11-13H2,1H3,(H,29,36)(H,37,38). The number of aromatic nitrogens is 3. The van der Waals surface area contributed by atoms with Crippen molar-refractivity contribution in [3.05, 3.63) is 48.2 Å². The summed E-state index contributed by atoms with van der Waals surface area (Å²) in [5.41, 5.74) is 0.393. The number of allylic oxidation sites excluding steroid dienone is 1. The summed E-state index contributed by atoms with van der Waals surface area (Å²) in [6.07, 6.45) is 9.69. The van der Waals surface area contributed by atoms with Crippen molar-refractivity contribution >= 4 is 40.2 Å². The maximum Gasteiger partial charge on any atom is 0.340 e. The van der Waals surface area contributed by atoms with Gasteiger partial charge in [0, 0.05) is 61.9 Å². The fourth-order valence-electron chi connectivity index (χ4n) is 5.35. The average Bonchev–Trinajstić information content (AvgIpc) is 3.42. The van der Waals surface area contributed by atoms with Gasteiger partial charge in [-0.25, -0.2) is 9.79 Å². The molecule has 0 bridgehead atoms. The second-order valence-electron chi connectivity index (χ2n) is 10.4. The first kappa shape index (κ1) is 26.3. The van der Waals surface area contributed by atoms with E-state index in [1.54, 1.807) is 23.4 Å². The Kier molecular flexibility index (Phi) is 7.15. The number of likely N-dealkylation sites (tertiary alicyclic amines) is 1. The van der Waals surface area contributed by atoms with E-state index in [9.17, 15) is 19.5 Å². The van der Waals surface area contributed by atoms with Crippen LogP contribution in [0.25, 0.3) is 11.4 Å². The number of amides is 1. The smallest absolute Gasteiger partial charge is 0.340 e. The Labute approximate surface area is 234 Å². The monoisotopic (exact) mass is 563 g/mol. The summed E-state index contributed by atoms with van der Waals surface area (Å²) < 4.78 is 10.1. The van der Waals surface area contributed by atoms with Crippen LogP contribution < -0.4 is 10.2 Å². The number of carbonyl (C=O) groups excluding carboxylic acids is 2. The highest BCUT2D eigenvalue weighted by molar-refractivity contribution is 7.10. The largest absolute Gasteiger partial charge is 0.478 e. The molecule has 0 spiro atoms. The number of nitrogens with one attached hydrogen (secondary N) is 1. The summed E-state index contributed by atoms with van der Waals surface area (Å²) in [5, 5.41) is 13.2. The number of fused-ring (bicyclic) bond motifs is 1. The fraction of sp³-hybridized carbons (Fsp3) is 0.444. The van der Waals surface area contributed by atoms with E-state index < -0.39 is 17.7 Å². The van der Waals surface area contributed by atoms with E-state index in [-0.39, 0.29) is 29.4 Å². The van der Waals surface area contributed by atoms with Crippen LogP contribution in [0.4, 0.5) is 5.13 Å². The molecule has 2 aromatic rings. The van der Waals surface area contributed by atoms with Gasteiger partial charge in [0.2, 0.25) is 11.0 Å². The van der Waals surface area contributed by atoms with Gasteiger partial charge in [-0.05, 0) is 43.4 Å². The first-order valence-electron chi connectivity index (χ1n) is 13.4. The summed E-state index contributed by atoms with van der Waals surface area (Å²) in [5.74, 6) is -1.55. The number of carboxylic acid groups (broad SMARTS) is 1. The Morgan fingerprint density at radius 3 is 2.85 bits per heavy atom. The van der Waals surface area contributed by atoms with E-state index in [1.807, 2.05) is 24.0 Å². The molecule has 0 saturated carbocycles. The Hall–Kier alpha value is -3.97. The van der Waals surface area contributed by atoms with E-state index in [0.29, 0.717) is 42.2 Å². The Balaban J connectivity index is 1.21. The molecule has 2 saturated heterocycles. The lowest BCUT2D eigenvalue weighted by Crippen LogP contribution is -2.55. The second kappa shape index (κ2) is 10.9. The SMILES string of the molecule is CC1C=C(N2CC(C(=O)NCC3CCCCO3)C2)N=C2C1C(=O)C(C(=O)O)=CN2c1nc(-c2cccnc2)ns1. The molecule has 6 rings (SSSR count). The number of carbonyl (C=O) groups is 3. The van der Waals surface area contributed by atoms with Crippen molar-refractivity contribution < 1.29 is 24.2 Å². The topological polar surface area (TPSA) is 150 Å². The van der Waals surface area contributed by atoms with Crippen LogP contribution in [0.1, 0.15) is 26.2 Å². The molecule has 6 heterocycles. The molecule has 3 unspecified atom stereocenters. The van der Waals surface area contributed by atoms with Crippen molar-refractivity contribution in [1.82, 2.24) is 24.6 Å². The molecule has 3 atom stereocenters. The molecule has 40 heavy (non-hydrogen) atoms. The molecule has 2 N–H and O–H groups in total. The zero-order valence-electron chi connectivity index (χ0n) is 21.9. The lowest BCUT2D eigenvalue weighted by molar-refractivity contribution is -0.135. The summed E-state index contributed by atoms with van der Waals surface area (Å²) in [4.78, 5) is 55.0. The summed E-state index contributed by atoms with van der Waals surface area (Å²) in [6.45, 7) is 4.15. The lowest BCUT2D eigenvalue weighted by Gasteiger charge is -2.43. The average molecular weight is 564 g/mol. The molecule has 208 valence electrons. The van der Waals surface area contributed by atoms with E-state index in [2.05, 4.69) is 19.7 Å². The molecule has 0 radical (unpaired) electrons. The summed E-state index contributed by atoms with van der Waals surface area (Å²) in [6, 6.07) is 3.61. The number of carboxylic acids is 1. The van der Waals surface area contributed by atoms with Crippen LogP contribution >= 0.6 is 11.5 Å². The van der Waals surface area contributed by atoms with Gasteiger partial charge in [-0.1, -0.05) is 6.92 Å². The number of pyridine rings is 1. The number of Topliss-reactive ketones (excluding diaryl/α,β-unsaturated/α-hetero) is 1. The number of rotatable bonds is 7. The highest BCUT2D eigenvalue weighted by Crippen LogP contribution is 2.37. The molecular weight excluding hydrogens is 534 g/mol. The van der Waals surface area contributed by atoms with Crippen LogP contribution in [-0.4, -0.2) is 80.2 Å². The Bertz CT molecular complexity index is 1410. The number of hydrogen-bond acceptors (Lipinski definition) is 11. The first-order valence-corrected chi connectivity index (χ1v) is 14.1. The van der Waals surface area contributed by atoms with Gasteiger partial charge >= 0.3 is 5.97 Å². The maximum atomic E-state index is 13.2. The van der Waals surface area contributed by atoms with Crippen molar-refractivity contribution in [2.45, 2.75) is 32.3 Å². The van der Waals surface area contributed by atoms with Gasteiger partial charge in [-0.2, -0.15) is 9.36 Å². The molecule has 4 aliphatic heterocycles. The molecular formula is C27H29N7O5S. The van der Waals surface area contributed by atoms with Gasteiger partial charge in [0.05, 0.1) is 17.9 Å². The van der Waals surface area contributed by atoms with Crippen molar-refractivity contribution in [2.75, 3.05) is 31.1 Å². The molecule has 12 nitrogen and oxygen atoms in total. The summed E-state index contributed by atoms with van der Waals surface area (Å²) >= 11 is 1.08. The minimum Gasteiger partial charge on any atom is -0.478 e. The molecule has 13 heteroatoms. The maximum absolute atomic E-state index is 13.2. The summed E-state index contributed by atoms with van der Waals surface area (Å²) in [7, 11) is 0. The Morgan fingerprint density at radius 2 is 2.12 bits per heavy atom. The van der Waals surface area contributed by atoms with E-state index in [0.717, 1.165) is 43.0 Å². The number of hydrogen-bond donors (Lipinski definition) is 2. The van der Waals surface area contributed by atoms with Crippen molar-refractivity contribution in [3.63, 3.8) is 0 Å². The number of anilines is 1. The van der Waals surface area contributed by atoms with Gasteiger partial charge in [-0.15, -0.1) is 0 Å². The number of amidine groups is 1. The zero-order valence-corrected chi connectivity index (χ0v) is 22.7. The van der Waals surface area contributed by atoms with E-state index >= 15 is 0 Å². The predicted molar refractivity (Wildman–Crippen MR) is 146 cm³/mol. The number of aliphatic imine (C=N–C) groups is 1. The molecule has 0 aromatic carbocycles. The lowest BCUT2D eigenvalue weighted by atomic mass is 9.81. The number of nitrogens with zero attached hydrogens (tertiary/aromatic N) is 6. The van der Waals surface area contributed by atoms with Crippen molar-refractivity contribution in [3.8, 4) is 11.4 Å². The van der Waals surface area contributed by atoms with Gasteiger partial charge in [-0.3, -0.25) is 19.5 Å². The zero-order chi connectivity index (χ0) is 27.8. The molecule has 2 fully saturated rings. The van der Waals surface area contributed by atoms with Crippen molar-refractivity contribution in [2.24, 2.45) is 22.7 Å². The molecule has 2 aromatic heterocycles. The van der Waals surface area contributed by atoms with Gasteiger partial charge in [0.25, 0.3) is 0 Å². The third kappa shape index (κ3) is 5.02. The van der Waals surface area contributed by atoms with Crippen LogP contribution in [0.5, 0.6) is 0 Å². The van der Waals surface area contributed by atoms with Crippen LogP contribution in [0.15, 0.2) is 53.2 Å². The second-order valence-corrected chi connectivity index (χ2v) is 11.1. The van der Waals surface area contributed by atoms with E-state index in [1.165, 1.54) is 6.20 Å². The molecule has 4 aliphatic rings. The first-order chi connectivity index (χ1) is 19.4. The normalized spacial score (nSPS) is 24.9. The van der Waals surface area contributed by atoms with Crippen LogP contribution in [0.3, 0.4) is 0 Å². The number of aliphatic carboxylic acids is 1. The quantitative estimate of drug-likeness (QED) is 0.479. The predicted octanol–water partition coefficient (Wildman–Crippen LogP) is 2.08. The molecule has 0 aliphatic carbocycles.